The van der Waals surface area contributed by atoms with E-state index in [-0.39, 0.29) is 12.1 Å². The van der Waals surface area contributed by atoms with Gasteiger partial charge in [0.05, 0.1) is 52.1 Å². The first-order valence-electron chi connectivity index (χ1n) is 11.9. The van der Waals surface area contributed by atoms with Crippen LogP contribution < -0.4 is 10.6 Å². The summed E-state index contributed by atoms with van der Waals surface area (Å²) >= 11 is 0. The number of anilines is 2. The summed E-state index contributed by atoms with van der Waals surface area (Å²) in [5, 5.41) is 36.7. The molecule has 0 saturated heterocycles. The molecule has 39 heavy (non-hydrogen) atoms. The van der Waals surface area contributed by atoms with Crippen molar-refractivity contribution in [3.63, 3.8) is 0 Å². The van der Waals surface area contributed by atoms with Crippen LogP contribution in [0.4, 0.5) is 15.8 Å². The van der Waals surface area contributed by atoms with E-state index in [1.165, 1.54) is 32.6 Å². The Morgan fingerprint density at radius 2 is 2.00 bits per heavy atom. The number of carbonyl (C=O) groups excluding carboxylic acids is 1. The molecule has 0 bridgehead atoms. The van der Waals surface area contributed by atoms with Crippen LogP contribution in [0.5, 0.6) is 0 Å². The quantitative estimate of drug-likeness (QED) is 0.273. The highest BCUT2D eigenvalue weighted by Crippen LogP contribution is 2.29. The van der Waals surface area contributed by atoms with E-state index in [4.69, 9.17) is 9.68 Å². The third-order valence-corrected chi connectivity index (χ3v) is 6.02. The summed E-state index contributed by atoms with van der Waals surface area (Å²) < 4.78 is 21.2. The molecule has 0 fully saturated rings. The van der Waals surface area contributed by atoms with E-state index in [0.717, 1.165) is 5.56 Å². The van der Waals surface area contributed by atoms with E-state index in [1.54, 1.807) is 40.9 Å². The average molecular weight is 527 g/mol. The highest BCUT2D eigenvalue weighted by molar-refractivity contribution is 6.00. The number of nitriles is 1. The molecule has 4 heterocycles. The zero-order valence-corrected chi connectivity index (χ0v) is 21.0. The lowest BCUT2D eigenvalue weighted by Gasteiger charge is -2.22. The molecule has 11 nitrogen and oxygen atoms in total. The molecular formula is C27H23FN8O3. The van der Waals surface area contributed by atoms with Gasteiger partial charge in [-0.3, -0.25) is 9.78 Å². The molecule has 4 aromatic heterocycles. The van der Waals surface area contributed by atoms with E-state index in [2.05, 4.69) is 37.0 Å². The summed E-state index contributed by atoms with van der Waals surface area (Å²) in [4.78, 5) is 17.5. The van der Waals surface area contributed by atoms with Gasteiger partial charge in [0.2, 0.25) is 12.3 Å². The first-order chi connectivity index (χ1) is 18.7. The van der Waals surface area contributed by atoms with Gasteiger partial charge in [-0.25, -0.2) is 8.91 Å². The van der Waals surface area contributed by atoms with E-state index in [0.29, 0.717) is 39.7 Å². The molecular weight excluding hydrogens is 503 g/mol. The minimum atomic E-state index is -1.67. The lowest BCUT2D eigenvalue weighted by molar-refractivity contribution is -0.00177. The van der Waals surface area contributed by atoms with Gasteiger partial charge in [-0.1, -0.05) is 0 Å². The Bertz CT molecular complexity index is 1670. The normalized spacial score (nSPS) is 12.2. The Morgan fingerprint density at radius 1 is 1.21 bits per heavy atom. The molecule has 5 aromatic rings. The Kier molecular flexibility index (Phi) is 6.74. The van der Waals surface area contributed by atoms with Gasteiger partial charge in [-0.15, -0.1) is 10.2 Å². The van der Waals surface area contributed by atoms with Gasteiger partial charge < -0.3 is 20.2 Å². The fourth-order valence-corrected chi connectivity index (χ4v) is 3.81. The van der Waals surface area contributed by atoms with Gasteiger partial charge in [0.15, 0.2) is 0 Å². The minimum Gasteiger partial charge on any atom is -0.423 e. The number of carbonyl (C=O) groups is 1. The average Bonchev–Trinajstić information content (AvgIpc) is 3.61. The van der Waals surface area contributed by atoms with E-state index in [9.17, 15) is 14.3 Å². The number of alkyl halides is 1. The summed E-state index contributed by atoms with van der Waals surface area (Å²) in [6, 6.07) is 16.2. The number of amides is 1. The van der Waals surface area contributed by atoms with Crippen LogP contribution in [0.15, 0.2) is 71.7 Å². The summed E-state index contributed by atoms with van der Waals surface area (Å²) in [5.41, 5.74) is 2.63. The number of hydrogen-bond donors (Lipinski definition) is 3. The van der Waals surface area contributed by atoms with E-state index >= 15 is 0 Å². The van der Waals surface area contributed by atoms with Crippen molar-refractivity contribution in [3.05, 3.63) is 78.4 Å². The molecule has 1 amide bonds. The topological polar surface area (TPSA) is 154 Å². The van der Waals surface area contributed by atoms with Crippen molar-refractivity contribution in [2.75, 3.05) is 11.9 Å². The summed E-state index contributed by atoms with van der Waals surface area (Å²) in [5.74, 6) is -0.199. The summed E-state index contributed by atoms with van der Waals surface area (Å²) in [7, 11) is 0. The van der Waals surface area contributed by atoms with Crippen LogP contribution >= 0.6 is 0 Å². The predicted octanol–water partition coefficient (Wildman–Crippen LogP) is 3.90. The highest BCUT2D eigenvalue weighted by atomic mass is 19.1. The molecule has 0 radical (unpaired) electrons. The third kappa shape index (κ3) is 5.43. The van der Waals surface area contributed by atoms with Crippen LogP contribution in [0.1, 0.15) is 29.8 Å². The standard InChI is InChI=1S/C27H23FN8O3/c1-27(2,38)24(28)14-31-25(37)20-13-30-22(23-8-7-19-9-16(11-29)12-33-36(19)23)10-21(20)34-18-5-3-17(4-6-18)26-35-32-15-39-26/h3-10,12-13,15,24,38H,14H2,1-2H3,(H,30,34)(H,31,37). The van der Waals surface area contributed by atoms with E-state index < -0.39 is 17.7 Å². The number of nitrogens with zero attached hydrogens (tertiary/aromatic N) is 6. The lowest BCUT2D eigenvalue weighted by atomic mass is 10.0. The van der Waals surface area contributed by atoms with Crippen LogP contribution in [-0.2, 0) is 0 Å². The predicted molar refractivity (Wildman–Crippen MR) is 140 cm³/mol. The molecule has 3 N–H and O–H groups in total. The SMILES string of the molecule is CC(C)(O)C(F)CNC(=O)c1cnc(-c2ccc3cc(C#N)cnn23)cc1Nc1ccc(-c2nnco2)cc1. The highest BCUT2D eigenvalue weighted by Gasteiger charge is 2.27. The molecule has 0 aliphatic heterocycles. The van der Waals surface area contributed by atoms with Crippen molar-refractivity contribution in [3.8, 4) is 28.9 Å². The van der Waals surface area contributed by atoms with Crippen molar-refractivity contribution in [2.45, 2.75) is 25.6 Å². The lowest BCUT2D eigenvalue weighted by Crippen LogP contribution is -2.42. The molecule has 1 unspecified atom stereocenters. The van der Waals surface area contributed by atoms with Crippen molar-refractivity contribution < 1.29 is 18.7 Å². The van der Waals surface area contributed by atoms with Crippen molar-refractivity contribution in [2.24, 2.45) is 0 Å². The maximum absolute atomic E-state index is 14.3. The second kappa shape index (κ2) is 10.3. The second-order valence-electron chi connectivity index (χ2n) is 9.30. The monoisotopic (exact) mass is 526 g/mol. The van der Waals surface area contributed by atoms with Gasteiger partial charge in [0.1, 0.15) is 12.2 Å². The molecule has 196 valence electrons. The number of hydrogen-bond acceptors (Lipinski definition) is 9. The van der Waals surface area contributed by atoms with Crippen molar-refractivity contribution >= 4 is 22.8 Å². The van der Waals surface area contributed by atoms with Crippen LogP contribution in [0.3, 0.4) is 0 Å². The molecule has 5 rings (SSSR count). The van der Waals surface area contributed by atoms with Crippen molar-refractivity contribution in [1.29, 1.82) is 5.26 Å². The first kappa shape index (κ1) is 25.5. The van der Waals surface area contributed by atoms with Crippen molar-refractivity contribution in [1.82, 2.24) is 30.1 Å². The Labute approximate surface area is 221 Å². The molecule has 0 aliphatic carbocycles. The van der Waals surface area contributed by atoms with E-state index in [1.807, 2.05) is 12.1 Å². The molecule has 0 aliphatic rings. The smallest absolute Gasteiger partial charge is 0.255 e. The number of aliphatic hydroxyl groups is 1. The number of benzene rings is 1. The first-order valence-corrected chi connectivity index (χ1v) is 11.9. The Hall–Kier alpha value is -5.15. The number of fused-ring (bicyclic) bond motifs is 1. The second-order valence-corrected chi connectivity index (χ2v) is 9.30. The summed E-state index contributed by atoms with van der Waals surface area (Å²) in [6.45, 7) is 2.29. The number of rotatable bonds is 8. The fourth-order valence-electron chi connectivity index (χ4n) is 3.81. The third-order valence-electron chi connectivity index (χ3n) is 6.02. The van der Waals surface area contributed by atoms with Crippen LogP contribution in [0.25, 0.3) is 28.4 Å². The number of nitrogens with one attached hydrogen (secondary N) is 2. The summed E-state index contributed by atoms with van der Waals surface area (Å²) in [6.07, 6.45) is 2.42. The Balaban J connectivity index is 1.49. The zero-order chi connectivity index (χ0) is 27.6. The Morgan fingerprint density at radius 3 is 2.69 bits per heavy atom. The largest absolute Gasteiger partial charge is 0.423 e. The fraction of sp³-hybridized carbons (Fsp3) is 0.185. The van der Waals surface area contributed by atoms with Gasteiger partial charge in [0.25, 0.3) is 5.91 Å². The molecule has 1 aromatic carbocycles. The maximum atomic E-state index is 14.3. The van der Waals surface area contributed by atoms with Crippen LogP contribution in [-0.4, -0.2) is 54.1 Å². The molecule has 0 saturated carbocycles. The minimum absolute atomic E-state index is 0.170. The molecule has 12 heteroatoms. The van der Waals surface area contributed by atoms with Crippen LogP contribution in [0, 0.1) is 11.3 Å². The number of halogens is 1. The van der Waals surface area contributed by atoms with Crippen LogP contribution in [0.2, 0.25) is 0 Å². The van der Waals surface area contributed by atoms with Gasteiger partial charge in [0, 0.05) is 17.4 Å². The zero-order valence-electron chi connectivity index (χ0n) is 21.0. The molecule has 1 atom stereocenters. The van der Waals surface area contributed by atoms with Gasteiger partial charge >= 0.3 is 0 Å². The van der Waals surface area contributed by atoms with Gasteiger partial charge in [-0.2, -0.15) is 10.4 Å². The molecule has 0 spiro atoms. The number of pyridine rings is 1. The maximum Gasteiger partial charge on any atom is 0.255 e. The van der Waals surface area contributed by atoms with Gasteiger partial charge in [-0.05, 0) is 62.4 Å². The number of aromatic nitrogens is 5.